The number of fused-ring (bicyclic) bond motifs is 2. The molecule has 0 saturated carbocycles. The van der Waals surface area contributed by atoms with Crippen LogP contribution in [0.25, 0.3) is 22.8 Å². The van der Waals surface area contributed by atoms with Crippen molar-refractivity contribution in [3.05, 3.63) is 213 Å². The molecule has 1 unspecified atom stereocenters. The second-order valence-corrected chi connectivity index (χ2v) is 17.3. The molecule has 5 aromatic rings. The molecule has 0 heterocycles. The van der Waals surface area contributed by atoms with Crippen LogP contribution in [0.3, 0.4) is 0 Å². The summed E-state index contributed by atoms with van der Waals surface area (Å²) in [6.45, 7) is 14.1. The standard InChI is InChI=1S/C38H37.C13H10.Zr/c1-36(2,3)30-23-28-24-33-31(34(28)32(25-30)26-15-9-7-10-16-26)21-22-38(37(4,5)6,29-19-11-8-12-20-29)35(33)27-17-13-14-18-27;1-3-7-12(8-4-1)11-13-9-5-2-6-10-13;/h7-17,19-23,25H,18H2,1-6H3;1-10H;/q-1;;. The van der Waals surface area contributed by atoms with Crippen molar-refractivity contribution in [2.45, 2.75) is 58.8 Å². The van der Waals surface area contributed by atoms with E-state index in [1.54, 1.807) is 0 Å². The van der Waals surface area contributed by atoms with Crippen molar-refractivity contribution in [1.29, 1.82) is 0 Å². The molecule has 0 radical (unpaired) electrons. The molecule has 0 bridgehead atoms. The van der Waals surface area contributed by atoms with Crippen LogP contribution in [-0.2, 0) is 35.1 Å². The minimum absolute atomic E-state index is 0.0442. The maximum atomic E-state index is 4.01. The van der Waals surface area contributed by atoms with Crippen LogP contribution in [0.2, 0.25) is 0 Å². The Hall–Kier alpha value is -4.45. The van der Waals surface area contributed by atoms with E-state index in [-0.39, 0.29) is 16.2 Å². The first kappa shape index (κ1) is 35.9. The van der Waals surface area contributed by atoms with Gasteiger partial charge in [0.05, 0.1) is 0 Å². The normalized spacial score (nSPS) is 17.5. The van der Waals surface area contributed by atoms with Gasteiger partial charge in [-0.1, -0.05) is 161 Å². The van der Waals surface area contributed by atoms with Gasteiger partial charge < -0.3 is 0 Å². The molecule has 0 aromatic heterocycles. The summed E-state index contributed by atoms with van der Waals surface area (Å²) in [6.07, 6.45) is 16.7. The number of hydrogen-bond donors (Lipinski definition) is 0. The Balaban J connectivity index is 0.000000251. The second kappa shape index (κ2) is 14.5. The summed E-state index contributed by atoms with van der Waals surface area (Å²) in [6, 6.07) is 47.9. The van der Waals surface area contributed by atoms with E-state index in [1.165, 1.54) is 93.6 Å². The third-order valence-electron chi connectivity index (χ3n) is 10.7. The Morgan fingerprint density at radius 2 is 1.25 bits per heavy atom. The van der Waals surface area contributed by atoms with Crippen molar-refractivity contribution >= 4 is 14.9 Å². The zero-order chi connectivity index (χ0) is 36.5. The number of hydrogen-bond acceptors (Lipinski definition) is 0. The Morgan fingerprint density at radius 3 is 1.77 bits per heavy atom. The molecule has 0 fully saturated rings. The van der Waals surface area contributed by atoms with Crippen LogP contribution >= 0.6 is 0 Å². The molecule has 0 spiro atoms. The summed E-state index contributed by atoms with van der Waals surface area (Å²) in [7, 11) is 0. The van der Waals surface area contributed by atoms with Crippen LogP contribution in [0.5, 0.6) is 0 Å². The molecule has 1 heteroatoms. The number of rotatable bonds is 5. The van der Waals surface area contributed by atoms with E-state index in [9.17, 15) is 0 Å². The van der Waals surface area contributed by atoms with E-state index >= 15 is 0 Å². The molecule has 0 saturated heterocycles. The van der Waals surface area contributed by atoms with Crippen molar-refractivity contribution in [2.24, 2.45) is 5.41 Å². The first-order valence-electron chi connectivity index (χ1n) is 18.4. The van der Waals surface area contributed by atoms with Gasteiger partial charge >= 0.3 is 99.2 Å². The van der Waals surface area contributed by atoms with E-state index in [1.807, 2.05) is 0 Å². The molecular formula is C51H47Zr-. The van der Waals surface area contributed by atoms with E-state index in [0.717, 1.165) is 6.42 Å². The van der Waals surface area contributed by atoms with Crippen LogP contribution in [-0.4, -0.2) is 3.21 Å². The SMILES string of the molecule is CC(C)(C)c1cc(-c2ccccc2)c2c(c1)=[C-]C1=C(C3=CC=CC3)C(c3ccccc3)(C(C)(C)C)C=CC=21.[Zr]=[C](c1ccccc1)c1ccccc1. The molecule has 256 valence electrons. The third-order valence-corrected chi connectivity index (χ3v) is 12.1. The molecule has 0 nitrogen and oxygen atoms in total. The van der Waals surface area contributed by atoms with Crippen LogP contribution in [0.1, 0.15) is 70.2 Å². The zero-order valence-corrected chi connectivity index (χ0v) is 33.8. The van der Waals surface area contributed by atoms with Gasteiger partial charge in [0.1, 0.15) is 0 Å². The van der Waals surface area contributed by atoms with E-state index in [4.69, 9.17) is 0 Å². The van der Waals surface area contributed by atoms with E-state index < -0.39 is 0 Å². The Morgan fingerprint density at radius 1 is 0.692 bits per heavy atom. The fourth-order valence-electron chi connectivity index (χ4n) is 7.91. The van der Waals surface area contributed by atoms with Gasteiger partial charge in [-0.15, -0.1) is 33.7 Å². The maximum absolute atomic E-state index is 4.01. The Bertz CT molecular complexity index is 2320. The fourth-order valence-corrected chi connectivity index (χ4v) is 8.73. The third kappa shape index (κ3) is 6.77. The van der Waals surface area contributed by atoms with Gasteiger partial charge in [-0.05, 0) is 28.4 Å². The predicted molar refractivity (Wildman–Crippen MR) is 218 cm³/mol. The summed E-state index contributed by atoms with van der Waals surface area (Å²) in [5.74, 6) is 0. The average Bonchev–Trinajstić information content (AvgIpc) is 3.83. The molecule has 0 amide bonds. The van der Waals surface area contributed by atoms with Crippen LogP contribution in [0.15, 0.2) is 181 Å². The topological polar surface area (TPSA) is 0 Å². The summed E-state index contributed by atoms with van der Waals surface area (Å²) >= 11 is 1.46. The summed E-state index contributed by atoms with van der Waals surface area (Å²) in [5, 5.41) is 2.53. The molecule has 3 aliphatic carbocycles. The number of benzene rings is 5. The predicted octanol–water partition coefficient (Wildman–Crippen LogP) is 11.0. The van der Waals surface area contributed by atoms with Crippen molar-refractivity contribution < 1.29 is 24.2 Å². The van der Waals surface area contributed by atoms with Gasteiger partial charge in [0.25, 0.3) is 0 Å². The van der Waals surface area contributed by atoms with Gasteiger partial charge in [-0.2, -0.15) is 0 Å². The first-order valence-corrected chi connectivity index (χ1v) is 19.7. The summed E-state index contributed by atoms with van der Waals surface area (Å²) in [5.41, 5.74) is 13.0. The van der Waals surface area contributed by atoms with Gasteiger partial charge in [-0.3, -0.25) is 0 Å². The zero-order valence-electron chi connectivity index (χ0n) is 31.3. The molecule has 8 rings (SSSR count). The van der Waals surface area contributed by atoms with Crippen LogP contribution in [0, 0.1) is 5.41 Å². The second-order valence-electron chi connectivity index (χ2n) is 16.0. The molecular weight excluding hydrogens is 704 g/mol. The Kier molecular flexibility index (Phi) is 10.0. The minimum atomic E-state index is -0.264. The molecule has 0 N–H and O–H groups in total. The molecule has 52 heavy (non-hydrogen) atoms. The fraction of sp³-hybridized carbons (Fsp3) is 0.196. The molecule has 1 atom stereocenters. The monoisotopic (exact) mass is 749 g/mol. The molecule has 5 aromatic carbocycles. The van der Waals surface area contributed by atoms with Crippen molar-refractivity contribution in [3.63, 3.8) is 0 Å². The first-order chi connectivity index (χ1) is 25.0. The van der Waals surface area contributed by atoms with E-state index in [0.29, 0.717) is 0 Å². The van der Waals surface area contributed by atoms with Crippen molar-refractivity contribution in [3.8, 4) is 11.1 Å². The molecule has 3 aliphatic rings. The van der Waals surface area contributed by atoms with Crippen molar-refractivity contribution in [2.75, 3.05) is 0 Å². The summed E-state index contributed by atoms with van der Waals surface area (Å²) < 4.78 is 1.42. The van der Waals surface area contributed by atoms with Crippen LogP contribution < -0.4 is 10.4 Å². The van der Waals surface area contributed by atoms with Gasteiger partial charge in [-0.25, -0.2) is 0 Å². The molecule has 0 aliphatic heterocycles. The quantitative estimate of drug-likeness (QED) is 0.157. The summed E-state index contributed by atoms with van der Waals surface area (Å²) in [4.78, 5) is 0. The Labute approximate surface area is 325 Å². The van der Waals surface area contributed by atoms with Crippen LogP contribution in [0.4, 0.5) is 0 Å². The van der Waals surface area contributed by atoms with Gasteiger partial charge in [0.15, 0.2) is 0 Å². The number of allylic oxidation sites excluding steroid dienone is 8. The van der Waals surface area contributed by atoms with Gasteiger partial charge in [0, 0.05) is 5.41 Å². The van der Waals surface area contributed by atoms with Crippen molar-refractivity contribution in [1.82, 2.24) is 0 Å². The van der Waals surface area contributed by atoms with Gasteiger partial charge in [0.2, 0.25) is 0 Å². The average molecular weight is 751 g/mol. The van der Waals surface area contributed by atoms with E-state index in [2.05, 4.69) is 211 Å².